The predicted molar refractivity (Wildman–Crippen MR) is 66.8 cm³/mol. The highest BCUT2D eigenvalue weighted by atomic mass is 79.9. The van der Waals surface area contributed by atoms with Gasteiger partial charge in [0.15, 0.2) is 0 Å². The number of imide groups is 1. The minimum absolute atomic E-state index is 0.244. The standard InChI is InChI=1S/C11H12BrN3O3/c1-15-5-6(12)4-8(15)11(18)13-7-2-3-9(16)14-10(7)17/h4-5,7H,2-3H2,1H3,(H,13,18)(H,14,16,17). The fraction of sp³-hybridized carbons (Fsp3) is 0.364. The third kappa shape index (κ3) is 2.61. The van der Waals surface area contributed by atoms with Gasteiger partial charge in [0.2, 0.25) is 11.8 Å². The third-order valence-electron chi connectivity index (χ3n) is 2.75. The highest BCUT2D eigenvalue weighted by Gasteiger charge is 2.28. The lowest BCUT2D eigenvalue weighted by atomic mass is 10.1. The van der Waals surface area contributed by atoms with E-state index in [1.165, 1.54) is 0 Å². The molecule has 0 aliphatic carbocycles. The fourth-order valence-corrected chi connectivity index (χ4v) is 2.34. The van der Waals surface area contributed by atoms with Gasteiger partial charge in [-0.15, -0.1) is 0 Å². The molecule has 0 spiro atoms. The lowest BCUT2D eigenvalue weighted by Crippen LogP contribution is -2.52. The van der Waals surface area contributed by atoms with Gasteiger partial charge in [-0.3, -0.25) is 19.7 Å². The summed E-state index contributed by atoms with van der Waals surface area (Å²) in [7, 11) is 1.74. The molecule has 0 radical (unpaired) electrons. The average Bonchev–Trinajstić information content (AvgIpc) is 2.62. The molecule has 0 aromatic carbocycles. The van der Waals surface area contributed by atoms with Crippen molar-refractivity contribution in [3.8, 4) is 0 Å². The van der Waals surface area contributed by atoms with Gasteiger partial charge >= 0.3 is 0 Å². The van der Waals surface area contributed by atoms with Crippen LogP contribution in [0.3, 0.4) is 0 Å². The Balaban J connectivity index is 2.06. The molecular weight excluding hydrogens is 302 g/mol. The SMILES string of the molecule is Cn1cc(Br)cc1C(=O)NC1CCC(=O)NC1=O. The summed E-state index contributed by atoms with van der Waals surface area (Å²) in [4.78, 5) is 34.4. The van der Waals surface area contributed by atoms with Crippen LogP contribution in [0.5, 0.6) is 0 Å². The predicted octanol–water partition coefficient (Wildman–Crippen LogP) is 0.323. The first kappa shape index (κ1) is 12.8. The molecular formula is C11H12BrN3O3. The van der Waals surface area contributed by atoms with Gasteiger partial charge in [0.1, 0.15) is 11.7 Å². The van der Waals surface area contributed by atoms with E-state index in [-0.39, 0.29) is 18.2 Å². The molecule has 2 rings (SSSR count). The van der Waals surface area contributed by atoms with E-state index in [4.69, 9.17) is 0 Å². The molecule has 2 heterocycles. The molecule has 0 saturated carbocycles. The first-order valence-electron chi connectivity index (χ1n) is 5.44. The second-order valence-corrected chi connectivity index (χ2v) is 5.05. The number of rotatable bonds is 2. The zero-order chi connectivity index (χ0) is 13.3. The average molecular weight is 314 g/mol. The molecule has 6 nitrogen and oxygen atoms in total. The largest absolute Gasteiger partial charge is 0.345 e. The van der Waals surface area contributed by atoms with Crippen molar-refractivity contribution < 1.29 is 14.4 Å². The van der Waals surface area contributed by atoms with E-state index in [0.717, 1.165) is 4.47 Å². The van der Waals surface area contributed by atoms with Crippen molar-refractivity contribution in [2.24, 2.45) is 7.05 Å². The van der Waals surface area contributed by atoms with Crippen molar-refractivity contribution >= 4 is 33.7 Å². The van der Waals surface area contributed by atoms with E-state index in [9.17, 15) is 14.4 Å². The third-order valence-corrected chi connectivity index (χ3v) is 3.18. The van der Waals surface area contributed by atoms with Gasteiger partial charge in [0.25, 0.3) is 5.91 Å². The van der Waals surface area contributed by atoms with Crippen molar-refractivity contribution in [2.75, 3.05) is 0 Å². The lowest BCUT2D eigenvalue weighted by molar-refractivity contribution is -0.134. The van der Waals surface area contributed by atoms with Crippen LogP contribution in [0.25, 0.3) is 0 Å². The Labute approximate surface area is 112 Å². The molecule has 3 amide bonds. The minimum atomic E-state index is -0.649. The highest BCUT2D eigenvalue weighted by molar-refractivity contribution is 9.10. The van der Waals surface area contributed by atoms with E-state index >= 15 is 0 Å². The summed E-state index contributed by atoms with van der Waals surface area (Å²) >= 11 is 3.27. The second kappa shape index (κ2) is 4.93. The lowest BCUT2D eigenvalue weighted by Gasteiger charge is -2.21. The number of halogens is 1. The number of nitrogens with zero attached hydrogens (tertiary/aromatic N) is 1. The highest BCUT2D eigenvalue weighted by Crippen LogP contribution is 2.14. The molecule has 1 fully saturated rings. The summed E-state index contributed by atoms with van der Waals surface area (Å²) in [5.41, 5.74) is 0.451. The molecule has 1 unspecified atom stereocenters. The van der Waals surface area contributed by atoms with Crippen LogP contribution in [-0.4, -0.2) is 28.3 Å². The molecule has 1 aliphatic heterocycles. The normalized spacial score (nSPS) is 19.6. The second-order valence-electron chi connectivity index (χ2n) is 4.13. The number of hydrogen-bond acceptors (Lipinski definition) is 3. The smallest absolute Gasteiger partial charge is 0.268 e. The molecule has 18 heavy (non-hydrogen) atoms. The van der Waals surface area contributed by atoms with Gasteiger partial charge in [-0.2, -0.15) is 0 Å². The summed E-state index contributed by atoms with van der Waals surface area (Å²) in [5, 5.41) is 4.81. The number of aryl methyl sites for hydroxylation is 1. The van der Waals surface area contributed by atoms with E-state index in [0.29, 0.717) is 12.1 Å². The van der Waals surface area contributed by atoms with Crippen molar-refractivity contribution in [3.63, 3.8) is 0 Å². The van der Waals surface area contributed by atoms with Gasteiger partial charge in [-0.1, -0.05) is 0 Å². The zero-order valence-corrected chi connectivity index (χ0v) is 11.3. The summed E-state index contributed by atoms with van der Waals surface area (Å²) in [6.07, 6.45) is 2.33. The number of carbonyl (C=O) groups excluding carboxylic acids is 3. The maximum atomic E-state index is 12.0. The molecule has 1 aromatic rings. The maximum absolute atomic E-state index is 12.0. The molecule has 7 heteroatoms. The molecule has 2 N–H and O–H groups in total. The number of aromatic nitrogens is 1. The molecule has 96 valence electrons. The summed E-state index contributed by atoms with van der Waals surface area (Å²) in [6.45, 7) is 0. The Bertz CT molecular complexity index is 524. The monoisotopic (exact) mass is 313 g/mol. The van der Waals surface area contributed by atoms with E-state index in [1.54, 1.807) is 23.9 Å². The Morgan fingerprint density at radius 2 is 2.28 bits per heavy atom. The first-order valence-corrected chi connectivity index (χ1v) is 6.23. The number of amides is 3. The van der Waals surface area contributed by atoms with Gasteiger partial charge < -0.3 is 9.88 Å². The Morgan fingerprint density at radius 1 is 1.56 bits per heavy atom. The van der Waals surface area contributed by atoms with E-state index in [1.807, 2.05) is 0 Å². The van der Waals surface area contributed by atoms with Gasteiger partial charge in [-0.05, 0) is 28.4 Å². The Kier molecular flexibility index (Phi) is 3.51. The number of nitrogens with one attached hydrogen (secondary N) is 2. The summed E-state index contributed by atoms with van der Waals surface area (Å²) < 4.78 is 2.45. The van der Waals surface area contributed by atoms with Crippen LogP contribution in [0.1, 0.15) is 23.3 Å². The van der Waals surface area contributed by atoms with Crippen LogP contribution in [-0.2, 0) is 16.6 Å². The number of carbonyl (C=O) groups is 3. The van der Waals surface area contributed by atoms with Crippen molar-refractivity contribution in [1.29, 1.82) is 0 Å². The van der Waals surface area contributed by atoms with Crippen molar-refractivity contribution in [1.82, 2.24) is 15.2 Å². The maximum Gasteiger partial charge on any atom is 0.268 e. The fourth-order valence-electron chi connectivity index (χ4n) is 1.81. The first-order chi connectivity index (χ1) is 8.47. The van der Waals surface area contributed by atoms with Crippen LogP contribution in [0.15, 0.2) is 16.7 Å². The van der Waals surface area contributed by atoms with Crippen LogP contribution in [0, 0.1) is 0 Å². The Hall–Kier alpha value is -1.63. The van der Waals surface area contributed by atoms with E-state index < -0.39 is 11.9 Å². The molecule has 1 saturated heterocycles. The minimum Gasteiger partial charge on any atom is -0.345 e. The number of piperidine rings is 1. The quantitative estimate of drug-likeness (QED) is 0.772. The van der Waals surface area contributed by atoms with Gasteiger partial charge in [-0.25, -0.2) is 0 Å². The van der Waals surface area contributed by atoms with Crippen molar-refractivity contribution in [3.05, 3.63) is 22.4 Å². The topological polar surface area (TPSA) is 80.2 Å². The number of hydrogen-bond donors (Lipinski definition) is 2. The molecule has 1 aliphatic rings. The van der Waals surface area contributed by atoms with Crippen molar-refractivity contribution in [2.45, 2.75) is 18.9 Å². The molecule has 1 atom stereocenters. The van der Waals surface area contributed by atoms with Crippen LogP contribution < -0.4 is 10.6 Å². The van der Waals surface area contributed by atoms with Crippen LogP contribution >= 0.6 is 15.9 Å². The van der Waals surface area contributed by atoms with Crippen LogP contribution in [0.4, 0.5) is 0 Å². The van der Waals surface area contributed by atoms with Crippen LogP contribution in [0.2, 0.25) is 0 Å². The molecule has 1 aromatic heterocycles. The summed E-state index contributed by atoms with van der Waals surface area (Å²) in [6, 6.07) is 1.02. The van der Waals surface area contributed by atoms with Gasteiger partial charge in [0, 0.05) is 24.1 Å². The Morgan fingerprint density at radius 3 is 2.83 bits per heavy atom. The molecule has 0 bridgehead atoms. The van der Waals surface area contributed by atoms with E-state index in [2.05, 4.69) is 26.6 Å². The summed E-state index contributed by atoms with van der Waals surface area (Å²) in [5.74, 6) is -1.09. The zero-order valence-electron chi connectivity index (χ0n) is 9.70. The van der Waals surface area contributed by atoms with Gasteiger partial charge in [0.05, 0.1) is 0 Å².